The highest BCUT2D eigenvalue weighted by molar-refractivity contribution is 5.79. The molecule has 1 unspecified atom stereocenters. The maximum atomic E-state index is 12.3. The van der Waals surface area contributed by atoms with E-state index < -0.39 is 5.54 Å². The molecule has 0 aromatic heterocycles. The number of carbonyl (C=O) groups excluding carboxylic acids is 1. The molecule has 1 N–H and O–H groups in total. The monoisotopic (exact) mass is 227 g/mol. The highest BCUT2D eigenvalue weighted by atomic mass is 16.3. The summed E-state index contributed by atoms with van der Waals surface area (Å²) in [5, 5.41) is 9.99. The average Bonchev–Trinajstić information content (AvgIpc) is 2.23. The smallest absolute Gasteiger partial charge is 0.226 e. The summed E-state index contributed by atoms with van der Waals surface area (Å²) in [6.45, 7) is 8.84. The molecule has 0 aromatic carbocycles. The highest BCUT2D eigenvalue weighted by Crippen LogP contribution is 2.30. The second kappa shape index (κ2) is 5.17. The van der Waals surface area contributed by atoms with Gasteiger partial charge in [-0.2, -0.15) is 0 Å². The third-order valence-corrected chi connectivity index (χ3v) is 3.97. The van der Waals surface area contributed by atoms with Crippen molar-refractivity contribution >= 4 is 5.91 Å². The van der Waals surface area contributed by atoms with Gasteiger partial charge in [0, 0.05) is 12.5 Å². The molecule has 0 saturated carbocycles. The van der Waals surface area contributed by atoms with Crippen molar-refractivity contribution in [2.75, 3.05) is 6.54 Å². The summed E-state index contributed by atoms with van der Waals surface area (Å²) in [5.41, 5.74) is -0.405. The van der Waals surface area contributed by atoms with Crippen LogP contribution in [0, 0.1) is 5.92 Å². The van der Waals surface area contributed by atoms with Gasteiger partial charge in [-0.25, -0.2) is 0 Å². The summed E-state index contributed by atoms with van der Waals surface area (Å²) in [7, 11) is 0. The van der Waals surface area contributed by atoms with Crippen molar-refractivity contribution in [3.05, 3.63) is 0 Å². The number of hydrogen-bond acceptors (Lipinski definition) is 2. The van der Waals surface area contributed by atoms with Crippen molar-refractivity contribution in [3.8, 4) is 0 Å². The van der Waals surface area contributed by atoms with E-state index in [1.165, 1.54) is 0 Å². The molecule has 0 spiro atoms. The van der Waals surface area contributed by atoms with Crippen LogP contribution in [-0.2, 0) is 4.79 Å². The van der Waals surface area contributed by atoms with Gasteiger partial charge >= 0.3 is 0 Å². The molecule has 3 nitrogen and oxygen atoms in total. The number of aliphatic hydroxyl groups is 1. The Morgan fingerprint density at radius 3 is 2.50 bits per heavy atom. The summed E-state index contributed by atoms with van der Waals surface area (Å²) >= 11 is 0. The van der Waals surface area contributed by atoms with E-state index in [9.17, 15) is 9.90 Å². The molecule has 1 atom stereocenters. The number of carbonyl (C=O) groups is 1. The van der Waals surface area contributed by atoms with Crippen LogP contribution in [-0.4, -0.2) is 34.1 Å². The summed E-state index contributed by atoms with van der Waals surface area (Å²) in [6, 6.07) is 0. The number of rotatable bonds is 3. The predicted octanol–water partition coefficient (Wildman–Crippen LogP) is 2.18. The molecule has 0 radical (unpaired) electrons. The zero-order valence-corrected chi connectivity index (χ0v) is 11.0. The Hall–Kier alpha value is -0.570. The van der Waals surface area contributed by atoms with E-state index in [2.05, 4.69) is 13.8 Å². The standard InChI is InChI=1S/C13H25NO2/c1-5-10(6-2)12(16)14-9-7-8-11(15)13(14,3)4/h10-11,15H,5-9H2,1-4H3. The molecule has 1 heterocycles. The highest BCUT2D eigenvalue weighted by Gasteiger charge is 2.41. The third kappa shape index (κ3) is 2.40. The van der Waals surface area contributed by atoms with Crippen LogP contribution in [0.3, 0.4) is 0 Å². The molecule has 1 aliphatic rings. The molecule has 1 rings (SSSR count). The number of amides is 1. The minimum atomic E-state index is -0.405. The normalized spacial score (nSPS) is 24.9. The van der Waals surface area contributed by atoms with Gasteiger partial charge in [-0.05, 0) is 39.5 Å². The Labute approximate surface area is 98.8 Å². The van der Waals surface area contributed by atoms with Crippen LogP contribution < -0.4 is 0 Å². The molecule has 16 heavy (non-hydrogen) atoms. The Morgan fingerprint density at radius 1 is 1.44 bits per heavy atom. The third-order valence-electron chi connectivity index (χ3n) is 3.97. The van der Waals surface area contributed by atoms with E-state index in [4.69, 9.17) is 0 Å². The molecule has 94 valence electrons. The van der Waals surface area contributed by atoms with Gasteiger partial charge in [-0.3, -0.25) is 4.79 Å². The van der Waals surface area contributed by atoms with Gasteiger partial charge in [0.25, 0.3) is 0 Å². The van der Waals surface area contributed by atoms with Crippen LogP contribution >= 0.6 is 0 Å². The summed E-state index contributed by atoms with van der Waals surface area (Å²) < 4.78 is 0. The quantitative estimate of drug-likeness (QED) is 0.803. The number of aliphatic hydroxyl groups excluding tert-OH is 1. The fourth-order valence-corrected chi connectivity index (χ4v) is 2.52. The van der Waals surface area contributed by atoms with Crippen LogP contribution in [0.1, 0.15) is 53.4 Å². The zero-order chi connectivity index (χ0) is 12.3. The first kappa shape index (κ1) is 13.5. The Morgan fingerprint density at radius 2 is 2.00 bits per heavy atom. The molecule has 1 saturated heterocycles. The molecule has 3 heteroatoms. The van der Waals surface area contributed by atoms with Crippen LogP contribution in [0.15, 0.2) is 0 Å². The van der Waals surface area contributed by atoms with Crippen LogP contribution in [0.25, 0.3) is 0 Å². The van der Waals surface area contributed by atoms with Crippen LogP contribution in [0.5, 0.6) is 0 Å². The van der Waals surface area contributed by atoms with E-state index in [1.54, 1.807) is 0 Å². The maximum absolute atomic E-state index is 12.3. The summed E-state index contributed by atoms with van der Waals surface area (Å²) in [4.78, 5) is 14.2. The molecule has 1 aliphatic heterocycles. The molecule has 0 aromatic rings. The average molecular weight is 227 g/mol. The van der Waals surface area contributed by atoms with Gasteiger partial charge < -0.3 is 10.0 Å². The fraction of sp³-hybridized carbons (Fsp3) is 0.923. The molecule has 1 amide bonds. The molecule has 0 aliphatic carbocycles. The topological polar surface area (TPSA) is 40.5 Å². The number of piperidine rings is 1. The molecular formula is C13H25NO2. The summed E-state index contributed by atoms with van der Waals surface area (Å²) in [5.74, 6) is 0.332. The van der Waals surface area contributed by atoms with Gasteiger partial charge in [0.05, 0.1) is 11.6 Å². The van der Waals surface area contributed by atoms with Crippen molar-refractivity contribution < 1.29 is 9.90 Å². The van der Waals surface area contributed by atoms with E-state index in [0.717, 1.165) is 32.2 Å². The largest absolute Gasteiger partial charge is 0.391 e. The Balaban J connectivity index is 2.81. The predicted molar refractivity (Wildman–Crippen MR) is 65.1 cm³/mol. The van der Waals surface area contributed by atoms with Crippen LogP contribution in [0.2, 0.25) is 0 Å². The first-order valence-electron chi connectivity index (χ1n) is 6.44. The second-order valence-corrected chi connectivity index (χ2v) is 5.31. The lowest BCUT2D eigenvalue weighted by Gasteiger charge is -2.47. The minimum absolute atomic E-state index is 0.115. The Kier molecular flexibility index (Phi) is 4.36. The van der Waals surface area contributed by atoms with Gasteiger partial charge in [-0.1, -0.05) is 13.8 Å². The maximum Gasteiger partial charge on any atom is 0.226 e. The van der Waals surface area contributed by atoms with E-state index in [0.29, 0.717) is 0 Å². The van der Waals surface area contributed by atoms with Gasteiger partial charge in [-0.15, -0.1) is 0 Å². The zero-order valence-electron chi connectivity index (χ0n) is 11.0. The van der Waals surface area contributed by atoms with Gasteiger partial charge in [0.1, 0.15) is 0 Å². The minimum Gasteiger partial charge on any atom is -0.391 e. The van der Waals surface area contributed by atoms with Crippen LogP contribution in [0.4, 0.5) is 0 Å². The molecular weight excluding hydrogens is 202 g/mol. The Bertz CT molecular complexity index is 246. The number of hydrogen-bond donors (Lipinski definition) is 1. The van der Waals surface area contributed by atoms with E-state index in [-0.39, 0.29) is 17.9 Å². The van der Waals surface area contributed by atoms with Crippen molar-refractivity contribution in [1.82, 2.24) is 4.90 Å². The SMILES string of the molecule is CCC(CC)C(=O)N1CCCC(O)C1(C)C. The fourth-order valence-electron chi connectivity index (χ4n) is 2.52. The van der Waals surface area contributed by atoms with E-state index in [1.807, 2.05) is 18.7 Å². The van der Waals surface area contributed by atoms with Crippen molar-refractivity contribution in [2.45, 2.75) is 65.0 Å². The lowest BCUT2D eigenvalue weighted by molar-refractivity contribution is -0.150. The number of nitrogens with zero attached hydrogens (tertiary/aromatic N) is 1. The lowest BCUT2D eigenvalue weighted by atomic mass is 9.85. The first-order valence-corrected chi connectivity index (χ1v) is 6.44. The van der Waals surface area contributed by atoms with Crippen molar-refractivity contribution in [2.24, 2.45) is 5.92 Å². The second-order valence-electron chi connectivity index (χ2n) is 5.31. The molecule has 1 fully saturated rings. The molecule has 0 bridgehead atoms. The van der Waals surface area contributed by atoms with Gasteiger partial charge in [0.15, 0.2) is 0 Å². The lowest BCUT2D eigenvalue weighted by Crippen LogP contribution is -2.59. The first-order chi connectivity index (χ1) is 7.45. The van der Waals surface area contributed by atoms with Crippen molar-refractivity contribution in [1.29, 1.82) is 0 Å². The van der Waals surface area contributed by atoms with Crippen molar-refractivity contribution in [3.63, 3.8) is 0 Å². The summed E-state index contributed by atoms with van der Waals surface area (Å²) in [6.07, 6.45) is 3.10. The van der Waals surface area contributed by atoms with E-state index >= 15 is 0 Å². The number of likely N-dealkylation sites (tertiary alicyclic amines) is 1. The van der Waals surface area contributed by atoms with Gasteiger partial charge in [0.2, 0.25) is 5.91 Å².